The molecule has 0 spiro atoms. The summed E-state index contributed by atoms with van der Waals surface area (Å²) < 4.78 is 7.31. The highest BCUT2D eigenvalue weighted by atomic mass is 32.1. The van der Waals surface area contributed by atoms with Gasteiger partial charge in [0.15, 0.2) is 0 Å². The van der Waals surface area contributed by atoms with E-state index in [1.165, 1.54) is 47.2 Å². The summed E-state index contributed by atoms with van der Waals surface area (Å²) in [5.74, 6) is 0.905. The number of nitrogens with zero attached hydrogens (tertiary/aromatic N) is 3. The van der Waals surface area contributed by atoms with Crippen molar-refractivity contribution in [2.45, 2.75) is 0 Å². The van der Waals surface area contributed by atoms with Crippen LogP contribution in [0.2, 0.25) is 0 Å². The highest BCUT2D eigenvalue weighted by molar-refractivity contribution is 7.27. The number of rotatable bonds is 2. The number of fused-ring (bicyclic) bond motifs is 11. The van der Waals surface area contributed by atoms with Gasteiger partial charge < -0.3 is 0 Å². The van der Waals surface area contributed by atoms with E-state index in [4.69, 9.17) is 4.98 Å². The van der Waals surface area contributed by atoms with Crippen LogP contribution in [0, 0.1) is 0 Å². The quantitative estimate of drug-likeness (QED) is 0.225. The lowest BCUT2D eigenvalue weighted by atomic mass is 9.99. The minimum absolute atomic E-state index is 0.905. The first kappa shape index (κ1) is 21.1. The molecule has 0 fully saturated rings. The van der Waals surface area contributed by atoms with Gasteiger partial charge in [-0.3, -0.25) is 9.13 Å². The Kier molecular flexibility index (Phi) is 4.21. The van der Waals surface area contributed by atoms with Gasteiger partial charge in [0.25, 0.3) is 0 Å². The number of hydrogen-bond acceptors (Lipinski definition) is 2. The van der Waals surface area contributed by atoms with Crippen LogP contribution in [0.1, 0.15) is 0 Å². The minimum Gasteiger partial charge on any atom is -0.278 e. The molecule has 3 heterocycles. The van der Waals surface area contributed by atoms with Crippen molar-refractivity contribution in [3.63, 3.8) is 0 Å². The van der Waals surface area contributed by atoms with E-state index in [0.717, 1.165) is 28.2 Å². The molecule has 4 heteroatoms. The molecule has 0 aliphatic heterocycles. The van der Waals surface area contributed by atoms with Crippen molar-refractivity contribution in [3.05, 3.63) is 127 Å². The Morgan fingerprint density at radius 2 is 1.10 bits per heavy atom. The lowest BCUT2D eigenvalue weighted by molar-refractivity contribution is 0.958. The van der Waals surface area contributed by atoms with Gasteiger partial charge >= 0.3 is 0 Å². The van der Waals surface area contributed by atoms with Gasteiger partial charge in [0, 0.05) is 31.9 Å². The van der Waals surface area contributed by atoms with Crippen LogP contribution in [0.4, 0.5) is 0 Å². The number of benzene rings is 6. The van der Waals surface area contributed by atoms with Gasteiger partial charge in [-0.1, -0.05) is 91.0 Å². The van der Waals surface area contributed by atoms with E-state index < -0.39 is 0 Å². The van der Waals surface area contributed by atoms with E-state index in [-0.39, 0.29) is 0 Å². The summed E-state index contributed by atoms with van der Waals surface area (Å²) in [6.07, 6.45) is 0. The fourth-order valence-corrected chi connectivity index (χ4v) is 7.59. The van der Waals surface area contributed by atoms with Crippen LogP contribution in [-0.2, 0) is 0 Å². The Labute approximate surface area is 227 Å². The number of imidazole rings is 1. The van der Waals surface area contributed by atoms with Crippen molar-refractivity contribution in [2.24, 2.45) is 0 Å². The topological polar surface area (TPSA) is 22.8 Å². The third-order valence-corrected chi connectivity index (χ3v) is 9.09. The molecule has 0 amide bonds. The van der Waals surface area contributed by atoms with E-state index >= 15 is 0 Å². The summed E-state index contributed by atoms with van der Waals surface area (Å²) in [5, 5.41) is 7.74. The molecule has 6 aromatic carbocycles. The molecule has 0 radical (unpaired) electrons. The maximum atomic E-state index is 5.30. The molecule has 9 aromatic rings. The second-order valence-corrected chi connectivity index (χ2v) is 11.0. The summed E-state index contributed by atoms with van der Waals surface area (Å²) in [4.78, 5) is 5.30. The van der Waals surface area contributed by atoms with Crippen LogP contribution >= 0.6 is 11.3 Å². The number of aromatic nitrogens is 3. The van der Waals surface area contributed by atoms with Gasteiger partial charge in [-0.2, -0.15) is 0 Å². The van der Waals surface area contributed by atoms with Crippen molar-refractivity contribution in [1.82, 2.24) is 14.1 Å². The summed E-state index contributed by atoms with van der Waals surface area (Å²) in [6.45, 7) is 0. The molecule has 0 N–H and O–H groups in total. The van der Waals surface area contributed by atoms with Crippen molar-refractivity contribution < 1.29 is 0 Å². The standard InChI is InChI=1S/C35H21N3S/c1-2-12-22(13-3-1)37-29-20-10-8-18-27(29)36-35(37)38-28-19-9-6-16-25(28)31-23-14-4-5-15-24(23)32-26-17-7-11-21-30(26)39-34(32)33(31)38/h1-21H. The van der Waals surface area contributed by atoms with Gasteiger partial charge in [-0.25, -0.2) is 4.98 Å². The van der Waals surface area contributed by atoms with Crippen molar-refractivity contribution in [1.29, 1.82) is 0 Å². The minimum atomic E-state index is 0.905. The molecule has 0 aliphatic carbocycles. The van der Waals surface area contributed by atoms with Crippen molar-refractivity contribution in [3.8, 4) is 11.6 Å². The Hall–Kier alpha value is -4.93. The van der Waals surface area contributed by atoms with Gasteiger partial charge in [0.2, 0.25) is 5.95 Å². The Balaban J connectivity index is 1.59. The van der Waals surface area contributed by atoms with Crippen LogP contribution in [0.25, 0.3) is 75.4 Å². The summed E-state index contributed by atoms with van der Waals surface area (Å²) in [5.41, 5.74) is 5.56. The Morgan fingerprint density at radius 3 is 1.92 bits per heavy atom. The second-order valence-electron chi connectivity index (χ2n) is 10.00. The molecule has 3 nitrogen and oxygen atoms in total. The van der Waals surface area contributed by atoms with Gasteiger partial charge in [0.05, 0.1) is 26.8 Å². The smallest absolute Gasteiger partial charge is 0.220 e. The summed E-state index contributed by atoms with van der Waals surface area (Å²) in [7, 11) is 0. The molecule has 0 bridgehead atoms. The highest BCUT2D eigenvalue weighted by Crippen LogP contribution is 2.47. The van der Waals surface area contributed by atoms with E-state index in [1.54, 1.807) is 0 Å². The highest BCUT2D eigenvalue weighted by Gasteiger charge is 2.24. The molecular formula is C35H21N3S. The van der Waals surface area contributed by atoms with Gasteiger partial charge in [0.1, 0.15) is 0 Å². The zero-order valence-corrected chi connectivity index (χ0v) is 21.7. The lowest BCUT2D eigenvalue weighted by Crippen LogP contribution is -2.05. The monoisotopic (exact) mass is 515 g/mol. The molecule has 0 saturated carbocycles. The fourth-order valence-electron chi connectivity index (χ4n) is 6.33. The first-order chi connectivity index (χ1) is 19.4. The first-order valence-corrected chi connectivity index (χ1v) is 14.0. The van der Waals surface area contributed by atoms with Crippen LogP contribution in [-0.4, -0.2) is 14.1 Å². The fraction of sp³-hybridized carbons (Fsp3) is 0. The molecule has 0 atom stereocenters. The Morgan fingerprint density at radius 1 is 0.487 bits per heavy atom. The molecular weight excluding hydrogens is 494 g/mol. The van der Waals surface area contributed by atoms with E-state index in [0.29, 0.717) is 0 Å². The zero-order valence-electron chi connectivity index (χ0n) is 20.9. The van der Waals surface area contributed by atoms with Crippen LogP contribution < -0.4 is 0 Å². The molecule has 182 valence electrons. The van der Waals surface area contributed by atoms with E-state index in [1.807, 2.05) is 11.3 Å². The maximum Gasteiger partial charge on any atom is 0.220 e. The number of para-hydroxylation sites is 4. The maximum absolute atomic E-state index is 5.30. The molecule has 9 rings (SSSR count). The first-order valence-electron chi connectivity index (χ1n) is 13.2. The van der Waals surface area contributed by atoms with Gasteiger partial charge in [-0.05, 0) is 47.2 Å². The van der Waals surface area contributed by atoms with E-state index in [2.05, 4.69) is 137 Å². The zero-order chi connectivity index (χ0) is 25.5. The molecule has 0 unspecified atom stereocenters. The molecule has 3 aromatic heterocycles. The van der Waals surface area contributed by atoms with Crippen molar-refractivity contribution in [2.75, 3.05) is 0 Å². The summed E-state index contributed by atoms with van der Waals surface area (Å²) in [6, 6.07) is 45.5. The Bertz CT molecular complexity index is 2390. The second kappa shape index (κ2) is 7.79. The van der Waals surface area contributed by atoms with Crippen LogP contribution in [0.5, 0.6) is 0 Å². The number of thiophene rings is 1. The summed E-state index contributed by atoms with van der Waals surface area (Å²) >= 11 is 1.88. The average Bonchev–Trinajstić information content (AvgIpc) is 3.67. The average molecular weight is 516 g/mol. The van der Waals surface area contributed by atoms with Crippen LogP contribution in [0.3, 0.4) is 0 Å². The van der Waals surface area contributed by atoms with E-state index in [9.17, 15) is 0 Å². The molecule has 0 saturated heterocycles. The third-order valence-electron chi connectivity index (χ3n) is 7.91. The predicted molar refractivity (Wildman–Crippen MR) is 166 cm³/mol. The third kappa shape index (κ3) is 2.78. The number of hydrogen-bond donors (Lipinski definition) is 0. The van der Waals surface area contributed by atoms with Gasteiger partial charge in [-0.15, -0.1) is 11.3 Å². The molecule has 39 heavy (non-hydrogen) atoms. The lowest BCUT2D eigenvalue weighted by Gasteiger charge is -2.13. The normalized spacial score (nSPS) is 12.1. The molecule has 0 aliphatic rings. The van der Waals surface area contributed by atoms with Crippen molar-refractivity contribution >= 4 is 75.1 Å². The van der Waals surface area contributed by atoms with Crippen LogP contribution in [0.15, 0.2) is 127 Å². The SMILES string of the molecule is c1ccc(-n2c(-n3c4ccccc4c4c5ccccc5c5c6ccccc6sc5c43)nc3ccccc32)cc1. The predicted octanol–water partition coefficient (Wildman–Crippen LogP) is 9.64. The largest absolute Gasteiger partial charge is 0.278 e.